The van der Waals surface area contributed by atoms with Crippen molar-refractivity contribution in [3.63, 3.8) is 0 Å². The maximum absolute atomic E-state index is 10.7. The summed E-state index contributed by atoms with van der Waals surface area (Å²) < 4.78 is 9.96. The molecule has 0 atom stereocenters. The molecule has 0 saturated heterocycles. The minimum Gasteiger partial charge on any atom is -0.484 e. The monoisotopic (exact) mass is 205 g/mol. The third-order valence-electron chi connectivity index (χ3n) is 1.51. The van der Waals surface area contributed by atoms with Crippen molar-refractivity contribution in [1.29, 1.82) is 0 Å². The average Bonchev–Trinajstić information content (AvgIpc) is 2.01. The van der Waals surface area contributed by atoms with Crippen molar-refractivity contribution >= 4 is 20.5 Å². The lowest BCUT2D eigenvalue weighted by Crippen LogP contribution is -2.51. The Kier molecular flexibility index (Phi) is 4.64. The maximum atomic E-state index is 10.7. The minimum absolute atomic E-state index is 0.0999. The summed E-state index contributed by atoms with van der Waals surface area (Å²) in [6.45, 7) is 4.33. The molecule has 5 nitrogen and oxygen atoms in total. The molecule has 0 aromatic heterocycles. The molecule has 0 aromatic rings. The topological polar surface area (TPSA) is 78.6 Å². The smallest absolute Gasteiger partial charge is 0.478 e. The van der Waals surface area contributed by atoms with E-state index in [1.54, 1.807) is 6.92 Å². The predicted octanol–water partition coefficient (Wildman–Crippen LogP) is 0.0726. The zero-order chi connectivity index (χ0) is 10.5. The number of carbonyl (C=O) groups excluding carboxylic acids is 2. The van der Waals surface area contributed by atoms with E-state index in [4.69, 9.17) is 14.6 Å². The molecule has 0 rings (SSSR count). The fourth-order valence-electron chi connectivity index (χ4n) is 0.917. The van der Waals surface area contributed by atoms with Gasteiger partial charge >= 0.3 is 8.56 Å². The van der Waals surface area contributed by atoms with Gasteiger partial charge in [-0.1, -0.05) is 6.92 Å². The van der Waals surface area contributed by atoms with Crippen LogP contribution in [0, 0.1) is 0 Å². The van der Waals surface area contributed by atoms with Crippen LogP contribution in [-0.2, 0) is 18.4 Å². The van der Waals surface area contributed by atoms with Gasteiger partial charge in [-0.15, -0.1) is 0 Å². The number of hydrogen-bond acceptors (Lipinski definition) is 5. The van der Waals surface area contributed by atoms with E-state index in [2.05, 4.69) is 0 Å². The first-order valence-corrected chi connectivity index (χ1v) is 6.28. The number of nitrogens with two attached hydrogens (primary N) is 1. The lowest BCUT2D eigenvalue weighted by Gasteiger charge is -2.25. The van der Waals surface area contributed by atoms with Crippen LogP contribution in [0.25, 0.3) is 0 Å². The molecule has 0 amide bonds. The van der Waals surface area contributed by atoms with Crippen molar-refractivity contribution in [2.75, 3.05) is 6.17 Å². The molecular formula is C7H15NO4Si. The summed E-state index contributed by atoms with van der Waals surface area (Å²) in [6, 6.07) is 0.475. The average molecular weight is 205 g/mol. The molecule has 13 heavy (non-hydrogen) atoms. The molecule has 0 unspecified atom stereocenters. The van der Waals surface area contributed by atoms with Gasteiger partial charge in [0.1, 0.15) is 0 Å². The number of carbonyl (C=O) groups is 2. The lowest BCUT2D eigenvalue weighted by molar-refractivity contribution is -0.139. The first kappa shape index (κ1) is 12.1. The van der Waals surface area contributed by atoms with Gasteiger partial charge < -0.3 is 14.6 Å². The SMILES string of the molecule is CC[Si](CN)(OC(C)=O)OC(C)=O. The Labute approximate surface area is 78.4 Å². The Morgan fingerprint density at radius 3 is 1.77 bits per heavy atom. The highest BCUT2D eigenvalue weighted by atomic mass is 28.4. The molecule has 0 aromatic carbocycles. The summed E-state index contributed by atoms with van der Waals surface area (Å²) >= 11 is 0. The van der Waals surface area contributed by atoms with Crippen molar-refractivity contribution < 1.29 is 18.4 Å². The highest BCUT2D eigenvalue weighted by molar-refractivity contribution is 6.70. The quantitative estimate of drug-likeness (QED) is 0.657. The Morgan fingerprint density at radius 1 is 1.23 bits per heavy atom. The van der Waals surface area contributed by atoms with Gasteiger partial charge in [0.15, 0.2) is 0 Å². The van der Waals surface area contributed by atoms with Gasteiger partial charge in [-0.2, -0.15) is 0 Å². The summed E-state index contributed by atoms with van der Waals surface area (Å²) in [6.07, 6.45) is 0.0999. The third-order valence-corrected chi connectivity index (χ3v) is 4.53. The van der Waals surface area contributed by atoms with E-state index < -0.39 is 20.5 Å². The van der Waals surface area contributed by atoms with Crippen LogP contribution in [0.3, 0.4) is 0 Å². The zero-order valence-electron chi connectivity index (χ0n) is 8.12. The Hall–Kier alpha value is -0.883. The van der Waals surface area contributed by atoms with E-state index in [9.17, 15) is 9.59 Å². The van der Waals surface area contributed by atoms with E-state index in [1.807, 2.05) is 0 Å². The molecule has 0 saturated carbocycles. The largest absolute Gasteiger partial charge is 0.484 e. The Morgan fingerprint density at radius 2 is 1.62 bits per heavy atom. The van der Waals surface area contributed by atoms with E-state index in [0.29, 0.717) is 6.04 Å². The summed E-state index contributed by atoms with van der Waals surface area (Å²) in [5.74, 6) is -0.916. The number of hydrogen-bond donors (Lipinski definition) is 1. The second-order valence-corrected chi connectivity index (χ2v) is 6.00. The van der Waals surface area contributed by atoms with E-state index in [1.165, 1.54) is 13.8 Å². The highest BCUT2D eigenvalue weighted by Gasteiger charge is 2.40. The van der Waals surface area contributed by atoms with Gasteiger partial charge in [0.2, 0.25) is 0 Å². The lowest BCUT2D eigenvalue weighted by atomic mass is 10.9. The zero-order valence-corrected chi connectivity index (χ0v) is 9.12. The van der Waals surface area contributed by atoms with E-state index in [0.717, 1.165) is 0 Å². The van der Waals surface area contributed by atoms with Gasteiger partial charge in [0.05, 0.1) is 6.17 Å². The van der Waals surface area contributed by atoms with E-state index in [-0.39, 0.29) is 6.17 Å². The standard InChI is InChI=1S/C7H15NO4Si/c1-4-13(5-8,11-6(2)9)12-7(3)10/h4-5,8H2,1-3H3. The molecule has 6 heteroatoms. The normalized spacial score (nSPS) is 10.8. The molecule has 0 fully saturated rings. The fraction of sp³-hybridized carbons (Fsp3) is 0.714. The second kappa shape index (κ2) is 4.98. The van der Waals surface area contributed by atoms with Gasteiger partial charge in [0.25, 0.3) is 11.9 Å². The molecule has 2 N–H and O–H groups in total. The molecule has 76 valence electrons. The van der Waals surface area contributed by atoms with Gasteiger partial charge in [-0.25, -0.2) is 0 Å². The summed E-state index contributed by atoms with van der Waals surface area (Å²) in [5.41, 5.74) is 5.42. The van der Waals surface area contributed by atoms with Crippen molar-refractivity contribution in [3.05, 3.63) is 0 Å². The van der Waals surface area contributed by atoms with Crippen LogP contribution in [0.5, 0.6) is 0 Å². The van der Waals surface area contributed by atoms with Crippen molar-refractivity contribution in [2.45, 2.75) is 26.8 Å². The van der Waals surface area contributed by atoms with E-state index >= 15 is 0 Å². The van der Waals surface area contributed by atoms with Crippen molar-refractivity contribution in [1.82, 2.24) is 0 Å². The van der Waals surface area contributed by atoms with Gasteiger partial charge in [0, 0.05) is 19.9 Å². The molecule has 0 spiro atoms. The first-order valence-electron chi connectivity index (χ1n) is 4.05. The summed E-state index contributed by atoms with van der Waals surface area (Å²) in [4.78, 5) is 21.4. The van der Waals surface area contributed by atoms with Crippen LogP contribution in [-0.4, -0.2) is 26.7 Å². The molecule has 0 aliphatic carbocycles. The van der Waals surface area contributed by atoms with Gasteiger partial charge in [-0.05, 0) is 0 Å². The molecule has 0 aliphatic heterocycles. The van der Waals surface area contributed by atoms with Crippen LogP contribution in [0.2, 0.25) is 6.04 Å². The van der Waals surface area contributed by atoms with Crippen LogP contribution >= 0.6 is 0 Å². The molecule has 0 radical (unpaired) electrons. The van der Waals surface area contributed by atoms with Gasteiger partial charge in [-0.3, -0.25) is 9.59 Å². The summed E-state index contributed by atoms with van der Waals surface area (Å²) in [5, 5.41) is 0. The third kappa shape index (κ3) is 4.04. The molecule has 0 bridgehead atoms. The first-order chi connectivity index (χ1) is 5.95. The minimum atomic E-state index is -2.79. The second-order valence-electron chi connectivity index (χ2n) is 2.66. The van der Waals surface area contributed by atoms with Crippen molar-refractivity contribution in [2.24, 2.45) is 5.73 Å². The summed E-state index contributed by atoms with van der Waals surface area (Å²) in [7, 11) is -2.79. The fourth-order valence-corrected chi connectivity index (χ4v) is 2.75. The van der Waals surface area contributed by atoms with Crippen molar-refractivity contribution in [3.8, 4) is 0 Å². The molecule has 0 heterocycles. The van der Waals surface area contributed by atoms with Crippen LogP contribution in [0.15, 0.2) is 0 Å². The Balaban J connectivity index is 4.48. The maximum Gasteiger partial charge on any atom is 0.478 e. The Bertz CT molecular complexity index is 185. The van der Waals surface area contributed by atoms with Crippen LogP contribution in [0.1, 0.15) is 20.8 Å². The molecule has 0 aliphatic rings. The molecular weight excluding hydrogens is 190 g/mol. The number of rotatable bonds is 4. The highest BCUT2D eigenvalue weighted by Crippen LogP contribution is 2.12. The van der Waals surface area contributed by atoms with Crippen LogP contribution in [0.4, 0.5) is 0 Å². The van der Waals surface area contributed by atoms with Crippen LogP contribution < -0.4 is 5.73 Å². The predicted molar refractivity (Wildman–Crippen MR) is 48.8 cm³/mol.